The van der Waals surface area contributed by atoms with Gasteiger partial charge in [-0.05, 0) is 77.6 Å². The van der Waals surface area contributed by atoms with E-state index in [9.17, 15) is 9.90 Å². The monoisotopic (exact) mass is 584 g/mol. The van der Waals surface area contributed by atoms with Crippen LogP contribution in [-0.4, -0.2) is 22.6 Å². The van der Waals surface area contributed by atoms with Gasteiger partial charge in [0.25, 0.3) is 5.91 Å². The third-order valence-electron chi connectivity index (χ3n) is 7.06. The van der Waals surface area contributed by atoms with Crippen molar-refractivity contribution >= 4 is 39.7 Å². The molecule has 2 aromatic heterocycles. The number of amides is 1. The number of aryl methyl sites for hydroxylation is 1. The van der Waals surface area contributed by atoms with Crippen LogP contribution >= 0.6 is 22.9 Å². The maximum Gasteiger partial charge on any atom is 0.258 e. The molecule has 1 atom stereocenters. The number of nitrogens with one attached hydrogen (secondary N) is 1. The number of hydrogen-bond acceptors (Lipinski definition) is 5. The van der Waals surface area contributed by atoms with Gasteiger partial charge < -0.3 is 15.2 Å². The molecule has 2 N–H and O–H groups in total. The highest BCUT2D eigenvalue weighted by Gasteiger charge is 2.21. The van der Waals surface area contributed by atoms with Gasteiger partial charge in [-0.15, -0.1) is 11.3 Å². The summed E-state index contributed by atoms with van der Waals surface area (Å²) in [7, 11) is 0. The van der Waals surface area contributed by atoms with E-state index in [4.69, 9.17) is 16.3 Å². The van der Waals surface area contributed by atoms with Crippen LogP contribution in [0, 0.1) is 6.92 Å². The molecule has 0 fully saturated rings. The third-order valence-corrected chi connectivity index (χ3v) is 8.42. The van der Waals surface area contributed by atoms with Crippen LogP contribution in [0.3, 0.4) is 0 Å². The van der Waals surface area contributed by atoms with Gasteiger partial charge in [-0.1, -0.05) is 62.7 Å². The second-order valence-electron chi connectivity index (χ2n) is 11.2. The maximum atomic E-state index is 13.2. The topological polar surface area (TPSA) is 71.5 Å². The van der Waals surface area contributed by atoms with Crippen LogP contribution in [-0.2, 0) is 16.6 Å². The average Bonchev–Trinajstić information content (AvgIpc) is 3.40. The Morgan fingerprint density at radius 3 is 2.54 bits per heavy atom. The molecule has 0 aliphatic rings. The van der Waals surface area contributed by atoms with E-state index in [2.05, 4.69) is 62.3 Å². The standard InChI is InChI=1S/C34H33ClN2O3S/c1-21-10-15-30(41-21)23-8-5-7-22(17-23)29(19-24-18-28(35)27-9-6-16-36-32(27)33(24)39)37-31(38)20-40-26-13-11-25(12-14-26)34(2,3)4/h5-18,29,39H,19-20H2,1-4H3,(H,37,38). The molecule has 41 heavy (non-hydrogen) atoms. The lowest BCUT2D eigenvalue weighted by Gasteiger charge is -2.22. The number of nitrogens with zero attached hydrogens (tertiary/aromatic N) is 1. The van der Waals surface area contributed by atoms with Gasteiger partial charge in [-0.2, -0.15) is 0 Å². The molecule has 3 aromatic carbocycles. The van der Waals surface area contributed by atoms with Crippen molar-refractivity contribution in [3.8, 4) is 21.9 Å². The Bertz CT molecular complexity index is 1690. The summed E-state index contributed by atoms with van der Waals surface area (Å²) in [6, 6.07) is 25.1. The summed E-state index contributed by atoms with van der Waals surface area (Å²) in [5.74, 6) is 0.422. The zero-order chi connectivity index (χ0) is 29.1. The predicted molar refractivity (Wildman–Crippen MR) is 168 cm³/mol. The van der Waals surface area contributed by atoms with Gasteiger partial charge in [0.15, 0.2) is 6.61 Å². The molecule has 5 aromatic rings. The molecule has 5 nitrogen and oxygen atoms in total. The SMILES string of the molecule is Cc1ccc(-c2cccc(C(Cc3cc(Cl)c4cccnc4c3O)NC(=O)COc3ccc(C(C)(C)C)cc3)c2)s1. The summed E-state index contributed by atoms with van der Waals surface area (Å²) in [6.07, 6.45) is 1.94. The molecule has 0 aliphatic carbocycles. The zero-order valence-electron chi connectivity index (χ0n) is 23.6. The first-order valence-corrected chi connectivity index (χ1v) is 14.7. The number of thiophene rings is 1. The number of phenols is 1. The number of carbonyl (C=O) groups is 1. The molecule has 2 heterocycles. The van der Waals surface area contributed by atoms with Gasteiger partial charge in [-0.25, -0.2) is 0 Å². The molecule has 0 spiro atoms. The average molecular weight is 585 g/mol. The minimum Gasteiger partial charge on any atom is -0.505 e. The van der Waals surface area contributed by atoms with Gasteiger partial charge in [0.1, 0.15) is 17.0 Å². The van der Waals surface area contributed by atoms with Crippen LogP contribution in [0.1, 0.15) is 48.4 Å². The van der Waals surface area contributed by atoms with Crippen molar-refractivity contribution in [2.45, 2.75) is 45.6 Å². The highest BCUT2D eigenvalue weighted by Crippen LogP contribution is 2.36. The molecule has 0 bridgehead atoms. The molecule has 1 amide bonds. The molecule has 1 unspecified atom stereocenters. The first kappa shape index (κ1) is 28.7. The van der Waals surface area contributed by atoms with Crippen molar-refractivity contribution < 1.29 is 14.6 Å². The number of carbonyl (C=O) groups excluding carboxylic acids is 1. The van der Waals surface area contributed by atoms with Crippen LogP contribution < -0.4 is 10.1 Å². The van der Waals surface area contributed by atoms with Crippen LogP contribution in [0.5, 0.6) is 11.5 Å². The van der Waals surface area contributed by atoms with Crippen LogP contribution in [0.2, 0.25) is 5.02 Å². The Kier molecular flexibility index (Phi) is 8.34. The van der Waals surface area contributed by atoms with Crippen molar-refractivity contribution in [1.29, 1.82) is 0 Å². The molecule has 0 aliphatic heterocycles. The zero-order valence-corrected chi connectivity index (χ0v) is 25.1. The maximum absolute atomic E-state index is 13.2. The first-order chi connectivity index (χ1) is 19.6. The molecule has 0 saturated carbocycles. The van der Waals surface area contributed by atoms with E-state index in [0.717, 1.165) is 16.0 Å². The third kappa shape index (κ3) is 6.72. The quantitative estimate of drug-likeness (QED) is 0.192. The van der Waals surface area contributed by atoms with Gasteiger partial charge in [0.2, 0.25) is 0 Å². The molecular weight excluding hydrogens is 552 g/mol. The largest absolute Gasteiger partial charge is 0.505 e. The molecule has 5 rings (SSSR count). The van der Waals surface area contributed by atoms with Crippen molar-refractivity contribution in [3.63, 3.8) is 0 Å². The van der Waals surface area contributed by atoms with Crippen LogP contribution in [0.15, 0.2) is 85.1 Å². The number of phenolic OH excluding ortho intramolecular Hbond substituents is 1. The molecule has 0 radical (unpaired) electrons. The Morgan fingerprint density at radius 2 is 1.83 bits per heavy atom. The van der Waals surface area contributed by atoms with E-state index in [-0.39, 0.29) is 23.7 Å². The van der Waals surface area contributed by atoms with Crippen LogP contribution in [0.25, 0.3) is 21.3 Å². The fourth-order valence-electron chi connectivity index (χ4n) is 4.80. The fourth-order valence-corrected chi connectivity index (χ4v) is 5.95. The highest BCUT2D eigenvalue weighted by atomic mass is 35.5. The number of aromatic nitrogens is 1. The van der Waals surface area contributed by atoms with Gasteiger partial charge >= 0.3 is 0 Å². The molecule has 210 valence electrons. The lowest BCUT2D eigenvalue weighted by atomic mass is 9.87. The van der Waals surface area contributed by atoms with Crippen molar-refractivity contribution in [2.24, 2.45) is 0 Å². The minimum atomic E-state index is -0.446. The van der Waals surface area contributed by atoms with Gasteiger partial charge in [0, 0.05) is 33.3 Å². The second kappa shape index (κ2) is 11.9. The van der Waals surface area contributed by atoms with E-state index in [1.807, 2.05) is 42.5 Å². The Labute approximate surface area is 249 Å². The minimum absolute atomic E-state index is 0.0339. The Morgan fingerprint density at radius 1 is 1.05 bits per heavy atom. The molecule has 7 heteroatoms. The van der Waals surface area contributed by atoms with Gasteiger partial charge in [-0.3, -0.25) is 9.78 Å². The Hall–Kier alpha value is -3.87. The van der Waals surface area contributed by atoms with E-state index in [1.54, 1.807) is 29.7 Å². The number of ether oxygens (including phenoxy) is 1. The molecule has 0 saturated heterocycles. The number of aromatic hydroxyl groups is 1. The summed E-state index contributed by atoms with van der Waals surface area (Å²) in [6.45, 7) is 8.41. The summed E-state index contributed by atoms with van der Waals surface area (Å²) < 4.78 is 5.83. The number of rotatable bonds is 8. The normalized spacial score (nSPS) is 12.3. The van der Waals surface area contributed by atoms with Crippen molar-refractivity contribution in [2.75, 3.05) is 6.61 Å². The van der Waals surface area contributed by atoms with Crippen LogP contribution in [0.4, 0.5) is 0 Å². The first-order valence-electron chi connectivity index (χ1n) is 13.5. The smallest absolute Gasteiger partial charge is 0.258 e. The predicted octanol–water partition coefficient (Wildman–Crippen LogP) is 8.41. The van der Waals surface area contributed by atoms with E-state index < -0.39 is 6.04 Å². The summed E-state index contributed by atoms with van der Waals surface area (Å²) in [5, 5.41) is 15.4. The number of fused-ring (bicyclic) bond motifs is 1. The lowest BCUT2D eigenvalue weighted by Crippen LogP contribution is -2.33. The van der Waals surface area contributed by atoms with Crippen molar-refractivity contribution in [3.05, 3.63) is 112 Å². The highest BCUT2D eigenvalue weighted by molar-refractivity contribution is 7.15. The number of benzene rings is 3. The lowest BCUT2D eigenvalue weighted by molar-refractivity contribution is -0.123. The van der Waals surface area contributed by atoms with E-state index in [0.29, 0.717) is 33.7 Å². The number of pyridine rings is 1. The fraction of sp³-hybridized carbons (Fsp3) is 0.235. The van der Waals surface area contributed by atoms with E-state index in [1.165, 1.54) is 10.4 Å². The van der Waals surface area contributed by atoms with Crippen molar-refractivity contribution in [1.82, 2.24) is 10.3 Å². The second-order valence-corrected chi connectivity index (χ2v) is 12.9. The van der Waals surface area contributed by atoms with E-state index >= 15 is 0 Å². The number of hydrogen-bond donors (Lipinski definition) is 2. The van der Waals surface area contributed by atoms with Gasteiger partial charge in [0.05, 0.1) is 11.1 Å². The summed E-state index contributed by atoms with van der Waals surface area (Å²) in [4.78, 5) is 19.9. The number of halogens is 1. The summed E-state index contributed by atoms with van der Waals surface area (Å²) >= 11 is 8.30. The Balaban J connectivity index is 1.41. The summed E-state index contributed by atoms with van der Waals surface area (Å²) in [5.41, 5.74) is 4.24. The molecular formula is C34H33ClN2O3S.